The van der Waals surface area contributed by atoms with Crippen LogP contribution in [0.3, 0.4) is 0 Å². The number of hydrogen-bond donors (Lipinski definition) is 3. The molecule has 0 saturated carbocycles. The van der Waals surface area contributed by atoms with Gasteiger partial charge in [0.05, 0.1) is 5.56 Å². The third-order valence-corrected chi connectivity index (χ3v) is 1.95. The van der Waals surface area contributed by atoms with Crippen LogP contribution in [-0.4, -0.2) is 16.2 Å². The normalized spacial score (nSPS) is 8.94. The zero-order valence-corrected chi connectivity index (χ0v) is 9.08. The number of phenols is 1. The molecule has 4 N–H and O–H groups in total. The molecule has 0 bridgehead atoms. The number of aromatic hydroxyl groups is 1. The number of nitrogens with two attached hydrogens (primary N) is 1. The molecule has 4 nitrogen and oxygen atoms in total. The number of aromatic carboxylic acids is 1. The van der Waals surface area contributed by atoms with Crippen molar-refractivity contribution in [3.8, 4) is 5.75 Å². The van der Waals surface area contributed by atoms with Crippen molar-refractivity contribution in [3.63, 3.8) is 0 Å². The van der Waals surface area contributed by atoms with E-state index in [2.05, 4.69) is 0 Å². The fourth-order valence-electron chi connectivity index (χ4n) is 1.12. The average Bonchev–Trinajstić information content (AvgIpc) is 2.31. The van der Waals surface area contributed by atoms with Crippen molar-refractivity contribution < 1.29 is 15.0 Å². The number of carboxylic acids is 1. The van der Waals surface area contributed by atoms with Gasteiger partial charge >= 0.3 is 5.97 Å². The van der Waals surface area contributed by atoms with Gasteiger partial charge in [0.1, 0.15) is 5.75 Å². The molecule has 0 radical (unpaired) electrons. The molecule has 0 heterocycles. The molecular formula is C13H13NO3. The first-order valence-electron chi connectivity index (χ1n) is 4.93. The van der Waals surface area contributed by atoms with Gasteiger partial charge in [0.2, 0.25) is 0 Å². The highest BCUT2D eigenvalue weighted by atomic mass is 16.4. The van der Waals surface area contributed by atoms with Crippen LogP contribution >= 0.6 is 0 Å². The predicted molar refractivity (Wildman–Crippen MR) is 65.9 cm³/mol. The van der Waals surface area contributed by atoms with E-state index in [9.17, 15) is 4.79 Å². The zero-order valence-electron chi connectivity index (χ0n) is 9.08. The lowest BCUT2D eigenvalue weighted by Gasteiger charge is -1.96. The highest BCUT2D eigenvalue weighted by molar-refractivity contribution is 5.93. The summed E-state index contributed by atoms with van der Waals surface area (Å²) in [5.74, 6) is -0.666. The van der Waals surface area contributed by atoms with Crippen molar-refractivity contribution >= 4 is 11.7 Å². The molecule has 2 aromatic rings. The molecule has 0 aromatic heterocycles. The molecule has 0 saturated heterocycles. The summed E-state index contributed by atoms with van der Waals surface area (Å²) >= 11 is 0. The number of carbonyl (C=O) groups is 1. The molecule has 0 aliphatic rings. The maximum atomic E-state index is 10.3. The summed E-state index contributed by atoms with van der Waals surface area (Å²) in [5.41, 5.74) is 5.80. The second-order valence-electron chi connectivity index (χ2n) is 3.23. The number of phenolic OH excluding ortho intramolecular Hbond substituents is 1. The Labute approximate surface area is 98.9 Å². The van der Waals surface area contributed by atoms with Crippen molar-refractivity contribution in [1.29, 1.82) is 0 Å². The third kappa shape index (κ3) is 4.25. The zero-order chi connectivity index (χ0) is 12.7. The molecule has 0 unspecified atom stereocenters. The van der Waals surface area contributed by atoms with Gasteiger partial charge in [0, 0.05) is 5.69 Å². The maximum absolute atomic E-state index is 10.3. The second-order valence-corrected chi connectivity index (χ2v) is 3.23. The molecule has 0 fully saturated rings. The quantitative estimate of drug-likeness (QED) is 0.658. The molecule has 2 rings (SSSR count). The van der Waals surface area contributed by atoms with E-state index in [1.54, 1.807) is 42.5 Å². The Morgan fingerprint density at radius 3 is 1.82 bits per heavy atom. The minimum absolute atomic E-state index is 0.155. The molecule has 0 aliphatic carbocycles. The van der Waals surface area contributed by atoms with Gasteiger partial charge in [-0.2, -0.15) is 0 Å². The van der Waals surface area contributed by atoms with Crippen LogP contribution in [0.5, 0.6) is 5.75 Å². The van der Waals surface area contributed by atoms with Crippen molar-refractivity contribution in [2.24, 2.45) is 0 Å². The van der Waals surface area contributed by atoms with Gasteiger partial charge in [-0.25, -0.2) is 4.79 Å². The third-order valence-electron chi connectivity index (χ3n) is 1.95. The number of nitrogen functional groups attached to an aromatic ring is 1. The number of anilines is 1. The van der Waals surface area contributed by atoms with E-state index in [1.165, 1.54) is 6.07 Å². The lowest BCUT2D eigenvalue weighted by atomic mass is 10.2. The van der Waals surface area contributed by atoms with Gasteiger partial charge in [0.25, 0.3) is 0 Å². The Hall–Kier alpha value is -2.49. The monoisotopic (exact) mass is 231 g/mol. The second kappa shape index (κ2) is 6.17. The summed E-state index contributed by atoms with van der Waals surface area (Å²) in [4.78, 5) is 10.3. The summed E-state index contributed by atoms with van der Waals surface area (Å²) < 4.78 is 0. The van der Waals surface area contributed by atoms with Crippen LogP contribution in [0.15, 0.2) is 54.6 Å². The fraction of sp³-hybridized carbons (Fsp3) is 0. The molecule has 0 amide bonds. The average molecular weight is 231 g/mol. The van der Waals surface area contributed by atoms with Crippen molar-refractivity contribution in [2.75, 3.05) is 5.73 Å². The Morgan fingerprint density at radius 1 is 0.941 bits per heavy atom. The fourth-order valence-corrected chi connectivity index (χ4v) is 1.12. The van der Waals surface area contributed by atoms with Gasteiger partial charge in [-0.1, -0.05) is 30.3 Å². The van der Waals surface area contributed by atoms with E-state index in [4.69, 9.17) is 15.9 Å². The topological polar surface area (TPSA) is 83.6 Å². The lowest BCUT2D eigenvalue weighted by molar-refractivity contribution is 0.0698. The van der Waals surface area contributed by atoms with Crippen molar-refractivity contribution in [3.05, 3.63) is 60.2 Å². The predicted octanol–water partition coefficient (Wildman–Crippen LogP) is 2.36. The smallest absolute Gasteiger partial charge is 0.337 e. The molecule has 4 heteroatoms. The first-order chi connectivity index (χ1) is 8.11. The van der Waals surface area contributed by atoms with Crippen LogP contribution < -0.4 is 5.73 Å². The molecule has 0 aliphatic heterocycles. The number of benzene rings is 2. The number of para-hydroxylation sites is 2. The van der Waals surface area contributed by atoms with Crippen molar-refractivity contribution in [2.45, 2.75) is 0 Å². The Balaban J connectivity index is 0.000000181. The van der Waals surface area contributed by atoms with Crippen LogP contribution in [0.4, 0.5) is 5.69 Å². The molecule has 17 heavy (non-hydrogen) atoms. The lowest BCUT2D eigenvalue weighted by Crippen LogP contribution is -2.00. The largest absolute Gasteiger partial charge is 0.508 e. The summed E-state index contributed by atoms with van der Waals surface area (Å²) in [6, 6.07) is 15.1. The SMILES string of the molecule is Nc1ccccc1C(=O)O.Oc1ccccc1. The Kier molecular flexibility index (Phi) is 4.57. The summed E-state index contributed by atoms with van der Waals surface area (Å²) in [5, 5.41) is 17.1. The summed E-state index contributed by atoms with van der Waals surface area (Å²) in [6.07, 6.45) is 0. The van der Waals surface area contributed by atoms with Crippen LogP contribution in [-0.2, 0) is 0 Å². The molecule has 2 aromatic carbocycles. The summed E-state index contributed by atoms with van der Waals surface area (Å²) in [6.45, 7) is 0. The van der Waals surface area contributed by atoms with Crippen molar-refractivity contribution in [1.82, 2.24) is 0 Å². The van der Waals surface area contributed by atoms with E-state index in [-0.39, 0.29) is 5.56 Å². The van der Waals surface area contributed by atoms with Crippen LogP contribution in [0.1, 0.15) is 10.4 Å². The molecular weight excluding hydrogens is 218 g/mol. The Morgan fingerprint density at radius 2 is 1.47 bits per heavy atom. The maximum Gasteiger partial charge on any atom is 0.337 e. The highest BCUT2D eigenvalue weighted by Crippen LogP contribution is 2.09. The minimum atomic E-state index is -0.988. The van der Waals surface area contributed by atoms with E-state index < -0.39 is 5.97 Å². The van der Waals surface area contributed by atoms with Crippen LogP contribution in [0.25, 0.3) is 0 Å². The van der Waals surface area contributed by atoms with E-state index >= 15 is 0 Å². The molecule has 88 valence electrons. The molecule has 0 atom stereocenters. The highest BCUT2D eigenvalue weighted by Gasteiger charge is 2.03. The number of rotatable bonds is 1. The van der Waals surface area contributed by atoms with Gasteiger partial charge in [-0.15, -0.1) is 0 Å². The van der Waals surface area contributed by atoms with Crippen LogP contribution in [0, 0.1) is 0 Å². The summed E-state index contributed by atoms with van der Waals surface area (Å²) in [7, 11) is 0. The van der Waals surface area contributed by atoms with E-state index in [0.717, 1.165) is 0 Å². The van der Waals surface area contributed by atoms with E-state index in [1.807, 2.05) is 6.07 Å². The number of carboxylic acid groups (broad SMARTS) is 1. The van der Waals surface area contributed by atoms with Gasteiger partial charge in [-0.3, -0.25) is 0 Å². The van der Waals surface area contributed by atoms with Gasteiger partial charge in [-0.05, 0) is 24.3 Å². The molecule has 0 spiro atoms. The first-order valence-corrected chi connectivity index (χ1v) is 4.93. The first kappa shape index (κ1) is 12.6. The standard InChI is InChI=1S/C7H7NO2.C6H6O/c8-6-4-2-1-3-5(6)7(9)10;7-6-4-2-1-3-5-6/h1-4H,8H2,(H,9,10);1-5,7H. The van der Waals surface area contributed by atoms with Gasteiger partial charge in [0.15, 0.2) is 0 Å². The minimum Gasteiger partial charge on any atom is -0.508 e. The number of hydrogen-bond acceptors (Lipinski definition) is 3. The van der Waals surface area contributed by atoms with Crippen LogP contribution in [0.2, 0.25) is 0 Å². The van der Waals surface area contributed by atoms with E-state index in [0.29, 0.717) is 11.4 Å². The van der Waals surface area contributed by atoms with Gasteiger partial charge < -0.3 is 15.9 Å². The Bertz CT molecular complexity index is 483.